The van der Waals surface area contributed by atoms with Crippen LogP contribution in [0.4, 0.5) is 8.78 Å². The molecule has 0 fully saturated rings. The topological polar surface area (TPSA) is 35.5 Å². The van der Waals surface area contributed by atoms with Gasteiger partial charge in [0, 0.05) is 0 Å². The molecule has 0 heterocycles. The number of halogens is 2. The van der Waals surface area contributed by atoms with E-state index in [9.17, 15) is 13.6 Å². The molecule has 0 saturated heterocycles. The molecule has 0 bridgehead atoms. The molecule has 3 aromatic carbocycles. The first-order valence-electron chi connectivity index (χ1n) is 15.5. The van der Waals surface area contributed by atoms with E-state index in [1.165, 1.54) is 76.0 Å². The largest absolute Gasteiger partial charge is 0.491 e. The number of rotatable bonds is 19. The highest BCUT2D eigenvalue weighted by Gasteiger charge is 2.14. The molecule has 0 aliphatic carbocycles. The lowest BCUT2D eigenvalue weighted by atomic mass is 10.0. The monoisotopic (exact) mass is 564 g/mol. The summed E-state index contributed by atoms with van der Waals surface area (Å²) in [4.78, 5) is 12.7. The molecule has 3 nitrogen and oxygen atoms in total. The number of ether oxygens (including phenoxy) is 2. The van der Waals surface area contributed by atoms with Crippen LogP contribution in [0.2, 0.25) is 0 Å². The fourth-order valence-corrected chi connectivity index (χ4v) is 4.89. The van der Waals surface area contributed by atoms with Gasteiger partial charge in [0.2, 0.25) is 0 Å². The van der Waals surface area contributed by atoms with Crippen LogP contribution < -0.4 is 9.47 Å². The predicted molar refractivity (Wildman–Crippen MR) is 164 cm³/mol. The van der Waals surface area contributed by atoms with Crippen molar-refractivity contribution in [2.75, 3.05) is 6.61 Å². The third kappa shape index (κ3) is 11.3. The number of carbonyl (C=O) groups is 1. The van der Waals surface area contributed by atoms with E-state index in [0.29, 0.717) is 17.7 Å². The van der Waals surface area contributed by atoms with Crippen LogP contribution in [0.3, 0.4) is 0 Å². The van der Waals surface area contributed by atoms with Crippen molar-refractivity contribution < 1.29 is 23.0 Å². The summed E-state index contributed by atoms with van der Waals surface area (Å²) in [5.74, 6) is -1.43. The van der Waals surface area contributed by atoms with Gasteiger partial charge in [0.1, 0.15) is 0 Å². The van der Waals surface area contributed by atoms with Crippen LogP contribution in [0.25, 0.3) is 11.1 Å². The summed E-state index contributed by atoms with van der Waals surface area (Å²) in [5.41, 5.74) is 2.63. The normalized spacial score (nSPS) is 11.0. The van der Waals surface area contributed by atoms with Gasteiger partial charge >= 0.3 is 5.97 Å². The number of hydrogen-bond donors (Lipinski definition) is 0. The summed E-state index contributed by atoms with van der Waals surface area (Å²) in [5, 5.41) is 0. The smallest absolute Gasteiger partial charge is 0.343 e. The molecule has 5 heteroatoms. The molecule has 0 aromatic heterocycles. The predicted octanol–water partition coefficient (Wildman–Crippen LogP) is 10.9. The molecular formula is C36H46F2O3. The Labute approximate surface area is 245 Å². The van der Waals surface area contributed by atoms with Crippen LogP contribution in [0.5, 0.6) is 11.5 Å². The minimum absolute atomic E-state index is 0.0817. The van der Waals surface area contributed by atoms with E-state index < -0.39 is 17.6 Å². The van der Waals surface area contributed by atoms with E-state index >= 15 is 0 Å². The summed E-state index contributed by atoms with van der Waals surface area (Å²) < 4.78 is 40.2. The van der Waals surface area contributed by atoms with Crippen LogP contribution in [0.15, 0.2) is 60.7 Å². The Hall–Kier alpha value is -3.21. The summed E-state index contributed by atoms with van der Waals surface area (Å²) in [6.07, 6.45) is 16.2. The molecule has 0 radical (unpaired) electrons. The lowest BCUT2D eigenvalue weighted by Gasteiger charge is -2.10. The van der Waals surface area contributed by atoms with E-state index in [2.05, 4.69) is 13.8 Å². The number of aryl methyl sites for hydroxylation is 1. The van der Waals surface area contributed by atoms with Crippen molar-refractivity contribution >= 4 is 5.97 Å². The fraction of sp³-hybridized carbons (Fsp3) is 0.472. The van der Waals surface area contributed by atoms with Crippen molar-refractivity contribution in [1.82, 2.24) is 0 Å². The van der Waals surface area contributed by atoms with Crippen molar-refractivity contribution in [1.29, 1.82) is 0 Å². The van der Waals surface area contributed by atoms with Crippen LogP contribution in [0, 0.1) is 11.6 Å². The molecule has 0 aliphatic heterocycles. The van der Waals surface area contributed by atoms with E-state index in [-0.39, 0.29) is 11.5 Å². The van der Waals surface area contributed by atoms with Gasteiger partial charge in [0.05, 0.1) is 12.2 Å². The third-order valence-corrected chi connectivity index (χ3v) is 7.41. The van der Waals surface area contributed by atoms with Crippen LogP contribution in [-0.4, -0.2) is 12.6 Å². The van der Waals surface area contributed by atoms with Gasteiger partial charge in [-0.3, -0.25) is 0 Å². The number of unbranched alkanes of at least 4 members (excludes halogenated alkanes) is 11. The number of carbonyl (C=O) groups excluding carboxylic acids is 1. The molecule has 3 aromatic rings. The molecule has 0 saturated carbocycles. The molecule has 41 heavy (non-hydrogen) atoms. The Morgan fingerprint density at radius 3 is 1.80 bits per heavy atom. The first-order chi connectivity index (χ1) is 20.0. The van der Waals surface area contributed by atoms with Crippen LogP contribution in [0.1, 0.15) is 113 Å². The summed E-state index contributed by atoms with van der Waals surface area (Å²) in [7, 11) is 0. The average molecular weight is 565 g/mol. The van der Waals surface area contributed by atoms with Crippen molar-refractivity contribution in [3.63, 3.8) is 0 Å². The van der Waals surface area contributed by atoms with Gasteiger partial charge in [-0.25, -0.2) is 13.6 Å². The maximum atomic E-state index is 14.7. The summed E-state index contributed by atoms with van der Waals surface area (Å²) >= 11 is 0. The third-order valence-electron chi connectivity index (χ3n) is 7.41. The van der Waals surface area contributed by atoms with Gasteiger partial charge < -0.3 is 9.47 Å². The van der Waals surface area contributed by atoms with Crippen molar-refractivity contribution in [3.8, 4) is 22.6 Å². The zero-order valence-corrected chi connectivity index (χ0v) is 24.9. The second-order valence-electron chi connectivity index (χ2n) is 10.9. The van der Waals surface area contributed by atoms with Gasteiger partial charge in [-0.15, -0.1) is 0 Å². The second kappa shape index (κ2) is 18.3. The Morgan fingerprint density at radius 1 is 0.610 bits per heavy atom. The van der Waals surface area contributed by atoms with E-state index in [1.54, 1.807) is 36.4 Å². The molecule has 0 atom stereocenters. The maximum absolute atomic E-state index is 14.7. The summed E-state index contributed by atoms with van der Waals surface area (Å²) in [6, 6.07) is 16.3. The highest BCUT2D eigenvalue weighted by Crippen LogP contribution is 2.27. The zero-order valence-electron chi connectivity index (χ0n) is 24.9. The molecule has 222 valence electrons. The van der Waals surface area contributed by atoms with Crippen molar-refractivity contribution in [2.45, 2.75) is 104 Å². The van der Waals surface area contributed by atoms with Gasteiger partial charge in [-0.2, -0.15) is 0 Å². The lowest BCUT2D eigenvalue weighted by molar-refractivity contribution is 0.0728. The number of benzene rings is 3. The van der Waals surface area contributed by atoms with Crippen LogP contribution in [-0.2, 0) is 6.42 Å². The van der Waals surface area contributed by atoms with Crippen molar-refractivity contribution in [2.24, 2.45) is 0 Å². The van der Waals surface area contributed by atoms with Gasteiger partial charge in [-0.1, -0.05) is 109 Å². The highest BCUT2D eigenvalue weighted by molar-refractivity contribution is 5.91. The SMILES string of the molecule is CCCCCCCCCCc1ccc(OC(=O)c2ccc(-c3ccc(OCCCCCCC)c(F)c3)cc2)c(F)c1. The Kier molecular flexibility index (Phi) is 14.4. The van der Waals surface area contributed by atoms with E-state index in [0.717, 1.165) is 43.2 Å². The first kappa shape index (κ1) is 32.3. The highest BCUT2D eigenvalue weighted by atomic mass is 19.1. The molecular weight excluding hydrogens is 518 g/mol. The van der Waals surface area contributed by atoms with Gasteiger partial charge in [0.15, 0.2) is 23.1 Å². The molecule has 3 rings (SSSR count). The lowest BCUT2D eigenvalue weighted by Crippen LogP contribution is -2.09. The average Bonchev–Trinajstić information content (AvgIpc) is 2.98. The molecule has 0 N–H and O–H groups in total. The molecule has 0 unspecified atom stereocenters. The van der Waals surface area contributed by atoms with E-state index in [1.807, 2.05) is 6.07 Å². The summed E-state index contributed by atoms with van der Waals surface area (Å²) in [6.45, 7) is 4.89. The maximum Gasteiger partial charge on any atom is 0.343 e. The number of esters is 1. The molecule has 0 aliphatic rings. The fourth-order valence-electron chi connectivity index (χ4n) is 4.89. The minimum Gasteiger partial charge on any atom is -0.491 e. The van der Waals surface area contributed by atoms with Gasteiger partial charge in [-0.05, 0) is 72.4 Å². The van der Waals surface area contributed by atoms with Gasteiger partial charge in [0.25, 0.3) is 0 Å². The first-order valence-corrected chi connectivity index (χ1v) is 15.5. The quantitative estimate of drug-likeness (QED) is 0.0825. The molecule has 0 amide bonds. The van der Waals surface area contributed by atoms with E-state index in [4.69, 9.17) is 9.47 Å². The number of hydrogen-bond acceptors (Lipinski definition) is 3. The Balaban J connectivity index is 1.46. The van der Waals surface area contributed by atoms with Crippen LogP contribution >= 0.6 is 0 Å². The Morgan fingerprint density at radius 2 is 1.17 bits per heavy atom. The second-order valence-corrected chi connectivity index (χ2v) is 10.9. The Bertz CT molecular complexity index is 1190. The zero-order chi connectivity index (χ0) is 29.3. The minimum atomic E-state index is -0.639. The molecule has 0 spiro atoms. The van der Waals surface area contributed by atoms with Crippen molar-refractivity contribution in [3.05, 3.63) is 83.4 Å². The standard InChI is InChI=1S/C36H46F2O3/c1-3-5-7-9-10-11-12-14-16-28-17-23-35(32(37)26-28)41-36(39)30-20-18-29(19-21-30)31-22-24-34(33(38)27-31)40-25-15-13-8-6-4-2/h17-24,26-27H,3-16,25H2,1-2H3.